The molecule has 0 bridgehead atoms. The maximum absolute atomic E-state index is 13.3. The van der Waals surface area contributed by atoms with Crippen LogP contribution in [0.5, 0.6) is 11.6 Å². The lowest BCUT2D eigenvalue weighted by Gasteiger charge is -2.28. The standard InChI is InChI=1S/C22H24FN3O2/c1-14(15-3-2-10-24-12-15)28-18-7-5-17(6-8-18)25-13-20-19-9-4-16(23)11-21(19)26-22(20)27/h4-9,11,13-15,24,26-27H,2-3,10,12H2,1H3. The lowest BCUT2D eigenvalue weighted by Crippen LogP contribution is -2.37. The van der Waals surface area contributed by atoms with E-state index in [1.807, 2.05) is 24.3 Å². The molecule has 1 aliphatic rings. The number of piperidine rings is 1. The number of rotatable bonds is 5. The number of hydrogen-bond donors (Lipinski definition) is 3. The minimum Gasteiger partial charge on any atom is -0.494 e. The molecular weight excluding hydrogens is 357 g/mol. The summed E-state index contributed by atoms with van der Waals surface area (Å²) in [6, 6.07) is 11.9. The van der Waals surface area contributed by atoms with E-state index >= 15 is 0 Å². The molecule has 1 aromatic heterocycles. The van der Waals surface area contributed by atoms with Crippen molar-refractivity contribution in [1.29, 1.82) is 0 Å². The van der Waals surface area contributed by atoms with Crippen molar-refractivity contribution < 1.29 is 14.2 Å². The molecule has 2 heterocycles. The van der Waals surface area contributed by atoms with Crippen LogP contribution in [0, 0.1) is 11.7 Å². The highest BCUT2D eigenvalue weighted by atomic mass is 19.1. The van der Waals surface area contributed by atoms with Gasteiger partial charge in [-0.3, -0.25) is 4.99 Å². The van der Waals surface area contributed by atoms with E-state index in [9.17, 15) is 9.50 Å². The third-order valence-corrected chi connectivity index (χ3v) is 5.28. The molecule has 2 atom stereocenters. The second-order valence-corrected chi connectivity index (χ2v) is 7.26. The molecule has 28 heavy (non-hydrogen) atoms. The minimum absolute atomic E-state index is 0.0285. The first-order valence-corrected chi connectivity index (χ1v) is 9.62. The fraction of sp³-hybridized carbons (Fsp3) is 0.318. The average molecular weight is 381 g/mol. The van der Waals surface area contributed by atoms with Gasteiger partial charge in [-0.15, -0.1) is 0 Å². The summed E-state index contributed by atoms with van der Waals surface area (Å²) in [6.07, 6.45) is 4.12. The molecule has 146 valence electrons. The summed E-state index contributed by atoms with van der Waals surface area (Å²) in [5, 5.41) is 14.2. The second-order valence-electron chi connectivity index (χ2n) is 7.26. The Bertz CT molecular complexity index is 975. The third kappa shape index (κ3) is 4.02. The molecule has 5 nitrogen and oxygen atoms in total. The normalized spacial score (nSPS) is 18.6. The van der Waals surface area contributed by atoms with Crippen molar-refractivity contribution in [1.82, 2.24) is 10.3 Å². The Morgan fingerprint density at radius 2 is 2.07 bits per heavy atom. The molecule has 4 rings (SSSR count). The van der Waals surface area contributed by atoms with Crippen molar-refractivity contribution in [3.8, 4) is 11.6 Å². The monoisotopic (exact) mass is 381 g/mol. The highest BCUT2D eigenvalue weighted by Gasteiger charge is 2.21. The molecule has 0 aliphatic carbocycles. The van der Waals surface area contributed by atoms with Gasteiger partial charge >= 0.3 is 0 Å². The number of nitrogens with one attached hydrogen (secondary N) is 2. The smallest absolute Gasteiger partial charge is 0.198 e. The summed E-state index contributed by atoms with van der Waals surface area (Å²) in [6.45, 7) is 4.21. The summed E-state index contributed by atoms with van der Waals surface area (Å²) in [7, 11) is 0. The van der Waals surface area contributed by atoms with Gasteiger partial charge in [-0.25, -0.2) is 4.39 Å². The number of benzene rings is 2. The van der Waals surface area contributed by atoms with Gasteiger partial charge in [0.15, 0.2) is 5.88 Å². The number of aromatic amines is 1. The van der Waals surface area contributed by atoms with E-state index in [2.05, 4.69) is 22.2 Å². The second kappa shape index (κ2) is 8.02. The van der Waals surface area contributed by atoms with Crippen LogP contribution >= 0.6 is 0 Å². The van der Waals surface area contributed by atoms with Crippen molar-refractivity contribution in [3.05, 3.63) is 53.8 Å². The number of hydrogen-bond acceptors (Lipinski definition) is 4. The van der Waals surface area contributed by atoms with Gasteiger partial charge in [0, 0.05) is 24.1 Å². The number of ether oxygens (including phenoxy) is 1. The summed E-state index contributed by atoms with van der Waals surface area (Å²) in [5.74, 6) is 0.967. The number of aromatic hydroxyl groups is 1. The van der Waals surface area contributed by atoms with E-state index in [-0.39, 0.29) is 17.8 Å². The van der Waals surface area contributed by atoms with Gasteiger partial charge < -0.3 is 20.1 Å². The van der Waals surface area contributed by atoms with Crippen LogP contribution in [0.25, 0.3) is 10.9 Å². The summed E-state index contributed by atoms with van der Waals surface area (Å²) >= 11 is 0. The number of aromatic nitrogens is 1. The molecule has 0 spiro atoms. The molecule has 1 fully saturated rings. The zero-order chi connectivity index (χ0) is 19.5. The van der Waals surface area contributed by atoms with E-state index in [0.29, 0.717) is 17.0 Å². The summed E-state index contributed by atoms with van der Waals surface area (Å²) < 4.78 is 19.4. The van der Waals surface area contributed by atoms with Gasteiger partial charge in [-0.05, 0) is 68.8 Å². The predicted octanol–water partition coefficient (Wildman–Crippen LogP) is 4.53. The van der Waals surface area contributed by atoms with Crippen LogP contribution in [0.3, 0.4) is 0 Å². The van der Waals surface area contributed by atoms with Crippen LogP contribution in [0.1, 0.15) is 25.3 Å². The first-order chi connectivity index (χ1) is 13.6. The zero-order valence-corrected chi connectivity index (χ0v) is 15.8. The van der Waals surface area contributed by atoms with Gasteiger partial charge in [-0.2, -0.15) is 0 Å². The molecule has 6 heteroatoms. The number of nitrogens with zero attached hydrogens (tertiary/aromatic N) is 1. The third-order valence-electron chi connectivity index (χ3n) is 5.28. The summed E-state index contributed by atoms with van der Waals surface area (Å²) in [5.41, 5.74) is 1.82. The van der Waals surface area contributed by atoms with E-state index < -0.39 is 0 Å². The van der Waals surface area contributed by atoms with E-state index in [0.717, 1.165) is 29.9 Å². The Hall–Kier alpha value is -2.86. The molecule has 1 aliphatic heterocycles. The highest BCUT2D eigenvalue weighted by molar-refractivity contribution is 6.02. The highest BCUT2D eigenvalue weighted by Crippen LogP contribution is 2.27. The van der Waals surface area contributed by atoms with Crippen LogP contribution in [0.4, 0.5) is 10.1 Å². The number of fused-ring (bicyclic) bond motifs is 1. The molecule has 3 N–H and O–H groups in total. The van der Waals surface area contributed by atoms with Crippen molar-refractivity contribution in [2.24, 2.45) is 10.9 Å². The molecule has 2 unspecified atom stereocenters. The Labute approximate surface area is 163 Å². The van der Waals surface area contributed by atoms with E-state index in [1.165, 1.54) is 25.0 Å². The van der Waals surface area contributed by atoms with Crippen LogP contribution in [0.2, 0.25) is 0 Å². The van der Waals surface area contributed by atoms with Crippen molar-refractivity contribution in [2.45, 2.75) is 25.9 Å². The molecular formula is C22H24FN3O2. The maximum atomic E-state index is 13.3. The van der Waals surface area contributed by atoms with Gasteiger partial charge in [0.1, 0.15) is 11.6 Å². The van der Waals surface area contributed by atoms with Crippen LogP contribution in [0.15, 0.2) is 47.5 Å². The van der Waals surface area contributed by atoms with Gasteiger partial charge in [-0.1, -0.05) is 0 Å². The topological polar surface area (TPSA) is 69.6 Å². The quantitative estimate of drug-likeness (QED) is 0.569. The number of halogens is 1. The van der Waals surface area contributed by atoms with Crippen molar-refractivity contribution >= 4 is 22.8 Å². The fourth-order valence-corrected chi connectivity index (χ4v) is 3.65. The number of H-pyrrole nitrogens is 1. The van der Waals surface area contributed by atoms with Crippen molar-refractivity contribution in [3.63, 3.8) is 0 Å². The predicted molar refractivity (Wildman–Crippen MR) is 109 cm³/mol. The van der Waals surface area contributed by atoms with Crippen LogP contribution in [-0.2, 0) is 0 Å². The molecule has 3 aromatic rings. The van der Waals surface area contributed by atoms with Crippen LogP contribution < -0.4 is 10.1 Å². The Kier molecular flexibility index (Phi) is 5.30. The maximum Gasteiger partial charge on any atom is 0.198 e. The Morgan fingerprint density at radius 3 is 2.82 bits per heavy atom. The van der Waals surface area contributed by atoms with E-state index in [1.54, 1.807) is 12.3 Å². The van der Waals surface area contributed by atoms with Gasteiger partial charge in [0.2, 0.25) is 0 Å². The number of aliphatic imine (C=N–C) groups is 1. The largest absolute Gasteiger partial charge is 0.494 e. The lowest BCUT2D eigenvalue weighted by molar-refractivity contribution is 0.131. The molecule has 2 aromatic carbocycles. The average Bonchev–Trinajstić information content (AvgIpc) is 3.02. The lowest BCUT2D eigenvalue weighted by atomic mass is 9.95. The molecule has 0 radical (unpaired) electrons. The first-order valence-electron chi connectivity index (χ1n) is 9.62. The van der Waals surface area contributed by atoms with E-state index in [4.69, 9.17) is 4.74 Å². The minimum atomic E-state index is -0.355. The fourth-order valence-electron chi connectivity index (χ4n) is 3.65. The van der Waals surface area contributed by atoms with Crippen molar-refractivity contribution in [2.75, 3.05) is 13.1 Å². The van der Waals surface area contributed by atoms with Gasteiger partial charge in [0.25, 0.3) is 0 Å². The zero-order valence-electron chi connectivity index (χ0n) is 15.8. The first kappa shape index (κ1) is 18.5. The van der Waals surface area contributed by atoms with Crippen LogP contribution in [-0.4, -0.2) is 35.5 Å². The molecule has 1 saturated heterocycles. The molecule has 0 saturated carbocycles. The Morgan fingerprint density at radius 1 is 1.25 bits per heavy atom. The molecule has 0 amide bonds. The van der Waals surface area contributed by atoms with Gasteiger partial charge in [0.05, 0.1) is 22.9 Å². The Balaban J connectivity index is 1.45. The summed E-state index contributed by atoms with van der Waals surface area (Å²) in [4.78, 5) is 7.19. The SMILES string of the molecule is CC(Oc1ccc(N=Cc2c(O)[nH]c3cc(F)ccc23)cc1)C1CCCNC1.